The van der Waals surface area contributed by atoms with E-state index in [4.69, 9.17) is 0 Å². The van der Waals surface area contributed by atoms with Gasteiger partial charge >= 0.3 is 0 Å². The van der Waals surface area contributed by atoms with Crippen LogP contribution in [-0.2, 0) is 6.42 Å². The van der Waals surface area contributed by atoms with Gasteiger partial charge in [0.15, 0.2) is 0 Å². The molecular weight excluding hydrogens is 324 g/mol. The third-order valence-electron chi connectivity index (χ3n) is 5.00. The van der Waals surface area contributed by atoms with E-state index in [1.807, 2.05) is 47.4 Å². The van der Waals surface area contributed by atoms with Gasteiger partial charge in [0.1, 0.15) is 12.1 Å². The number of aryl methyl sites for hydroxylation is 1. The predicted octanol–water partition coefficient (Wildman–Crippen LogP) is 3.15. The molecule has 0 unspecified atom stereocenters. The van der Waals surface area contributed by atoms with E-state index in [1.54, 1.807) is 6.33 Å². The van der Waals surface area contributed by atoms with Crippen LogP contribution < -0.4 is 4.90 Å². The molecule has 5 heteroatoms. The summed E-state index contributed by atoms with van der Waals surface area (Å²) in [6, 6.07) is 16.0. The van der Waals surface area contributed by atoms with E-state index in [0.717, 1.165) is 41.8 Å². The molecule has 1 aromatic heterocycles. The highest BCUT2D eigenvalue weighted by Gasteiger charge is 2.23. The summed E-state index contributed by atoms with van der Waals surface area (Å²) in [5.41, 5.74) is 2.97. The minimum atomic E-state index is 0.111. The number of carbonyl (C=O) groups excluding carboxylic acids is 1. The molecule has 0 aliphatic carbocycles. The van der Waals surface area contributed by atoms with Gasteiger partial charge in [-0.2, -0.15) is 0 Å². The van der Waals surface area contributed by atoms with E-state index in [1.165, 1.54) is 5.56 Å². The monoisotopic (exact) mass is 346 g/mol. The van der Waals surface area contributed by atoms with Gasteiger partial charge in [0, 0.05) is 37.1 Å². The average molecular weight is 346 g/mol. The van der Waals surface area contributed by atoms with Crippen molar-refractivity contribution in [2.24, 2.45) is 0 Å². The molecule has 0 saturated carbocycles. The number of fused-ring (bicyclic) bond motifs is 1. The molecule has 1 fully saturated rings. The topological polar surface area (TPSA) is 49.3 Å². The molecular formula is C21H22N4O. The van der Waals surface area contributed by atoms with Crippen molar-refractivity contribution >= 4 is 22.6 Å². The van der Waals surface area contributed by atoms with Crippen molar-refractivity contribution in [3.8, 4) is 0 Å². The highest BCUT2D eigenvalue weighted by molar-refractivity contribution is 5.94. The molecule has 1 aliphatic heterocycles. The fraction of sp³-hybridized carbons (Fsp3) is 0.286. The van der Waals surface area contributed by atoms with E-state index >= 15 is 0 Å². The van der Waals surface area contributed by atoms with Gasteiger partial charge in [-0.25, -0.2) is 9.97 Å². The predicted molar refractivity (Wildman–Crippen MR) is 103 cm³/mol. The second-order valence-electron chi connectivity index (χ2n) is 6.54. The maximum absolute atomic E-state index is 12.7. The SMILES string of the molecule is CCc1ccc(C(=O)N2CCN(c3ncnc4ccccc34)CC2)cc1. The summed E-state index contributed by atoms with van der Waals surface area (Å²) in [4.78, 5) is 25.7. The summed E-state index contributed by atoms with van der Waals surface area (Å²) >= 11 is 0. The second kappa shape index (κ2) is 7.12. The quantitative estimate of drug-likeness (QED) is 0.731. The first kappa shape index (κ1) is 16.5. The Morgan fingerprint density at radius 2 is 1.69 bits per heavy atom. The molecule has 0 N–H and O–H groups in total. The van der Waals surface area contributed by atoms with Crippen molar-refractivity contribution in [2.75, 3.05) is 31.1 Å². The Balaban J connectivity index is 1.47. The van der Waals surface area contributed by atoms with Gasteiger partial charge in [0.2, 0.25) is 0 Å². The molecule has 132 valence electrons. The van der Waals surface area contributed by atoms with Crippen LogP contribution in [0.1, 0.15) is 22.8 Å². The number of rotatable bonds is 3. The number of carbonyl (C=O) groups is 1. The number of para-hydroxylation sites is 1. The van der Waals surface area contributed by atoms with Crippen LogP contribution in [0.25, 0.3) is 10.9 Å². The van der Waals surface area contributed by atoms with Gasteiger partial charge in [-0.05, 0) is 36.2 Å². The lowest BCUT2D eigenvalue weighted by Gasteiger charge is -2.35. The van der Waals surface area contributed by atoms with Gasteiger partial charge in [-0.15, -0.1) is 0 Å². The number of piperazine rings is 1. The number of hydrogen-bond donors (Lipinski definition) is 0. The van der Waals surface area contributed by atoms with Crippen molar-refractivity contribution < 1.29 is 4.79 Å². The van der Waals surface area contributed by atoms with Crippen LogP contribution in [-0.4, -0.2) is 47.0 Å². The van der Waals surface area contributed by atoms with E-state index in [-0.39, 0.29) is 5.91 Å². The second-order valence-corrected chi connectivity index (χ2v) is 6.54. The highest BCUT2D eigenvalue weighted by atomic mass is 16.2. The first-order valence-electron chi connectivity index (χ1n) is 9.09. The average Bonchev–Trinajstić information content (AvgIpc) is 2.73. The first-order chi connectivity index (χ1) is 12.8. The number of aromatic nitrogens is 2. The van der Waals surface area contributed by atoms with Crippen LogP contribution in [0.2, 0.25) is 0 Å². The van der Waals surface area contributed by atoms with Gasteiger partial charge in [0.05, 0.1) is 5.52 Å². The standard InChI is InChI=1S/C21H22N4O/c1-2-16-7-9-17(10-8-16)21(26)25-13-11-24(12-14-25)20-18-5-3-4-6-19(18)22-15-23-20/h3-10,15H,2,11-14H2,1H3. The molecule has 0 atom stereocenters. The lowest BCUT2D eigenvalue weighted by atomic mass is 10.1. The fourth-order valence-corrected chi connectivity index (χ4v) is 3.43. The minimum absolute atomic E-state index is 0.111. The zero-order valence-electron chi connectivity index (χ0n) is 14.9. The van der Waals surface area contributed by atoms with Crippen molar-refractivity contribution in [2.45, 2.75) is 13.3 Å². The number of amides is 1. The van der Waals surface area contributed by atoms with E-state index in [2.05, 4.69) is 27.9 Å². The number of benzene rings is 2. The Morgan fingerprint density at radius 3 is 2.42 bits per heavy atom. The first-order valence-corrected chi connectivity index (χ1v) is 9.09. The Hall–Kier alpha value is -2.95. The zero-order valence-corrected chi connectivity index (χ0v) is 14.9. The van der Waals surface area contributed by atoms with Gasteiger partial charge in [-0.3, -0.25) is 4.79 Å². The normalized spacial score (nSPS) is 14.7. The van der Waals surface area contributed by atoms with Crippen LogP contribution in [0.5, 0.6) is 0 Å². The molecule has 0 radical (unpaired) electrons. The summed E-state index contributed by atoms with van der Waals surface area (Å²) in [6.45, 7) is 5.08. The fourth-order valence-electron chi connectivity index (χ4n) is 3.43. The number of nitrogens with zero attached hydrogens (tertiary/aromatic N) is 4. The molecule has 1 amide bonds. The van der Waals surface area contributed by atoms with E-state index in [0.29, 0.717) is 13.1 Å². The molecule has 2 aromatic carbocycles. The largest absolute Gasteiger partial charge is 0.352 e. The highest BCUT2D eigenvalue weighted by Crippen LogP contribution is 2.23. The lowest BCUT2D eigenvalue weighted by molar-refractivity contribution is 0.0746. The molecule has 5 nitrogen and oxygen atoms in total. The summed E-state index contributed by atoms with van der Waals surface area (Å²) in [6.07, 6.45) is 2.60. The third-order valence-corrected chi connectivity index (χ3v) is 5.00. The minimum Gasteiger partial charge on any atom is -0.352 e. The molecule has 3 aromatic rings. The number of anilines is 1. The summed E-state index contributed by atoms with van der Waals surface area (Å²) in [5.74, 6) is 1.06. The Labute approximate surface area is 153 Å². The van der Waals surface area contributed by atoms with Crippen molar-refractivity contribution in [3.63, 3.8) is 0 Å². The third kappa shape index (κ3) is 3.12. The van der Waals surface area contributed by atoms with Crippen LogP contribution in [0.3, 0.4) is 0 Å². The Bertz CT molecular complexity index is 909. The van der Waals surface area contributed by atoms with E-state index < -0.39 is 0 Å². The van der Waals surface area contributed by atoms with Crippen LogP contribution in [0, 0.1) is 0 Å². The van der Waals surface area contributed by atoms with Gasteiger partial charge in [-0.1, -0.05) is 31.2 Å². The van der Waals surface area contributed by atoms with Crippen molar-refractivity contribution in [3.05, 3.63) is 66.0 Å². The summed E-state index contributed by atoms with van der Waals surface area (Å²) in [5, 5.41) is 1.06. The molecule has 26 heavy (non-hydrogen) atoms. The van der Waals surface area contributed by atoms with Gasteiger partial charge in [0.25, 0.3) is 5.91 Å². The lowest BCUT2D eigenvalue weighted by Crippen LogP contribution is -2.49. The van der Waals surface area contributed by atoms with Gasteiger partial charge < -0.3 is 9.80 Å². The molecule has 1 aliphatic rings. The maximum Gasteiger partial charge on any atom is 0.253 e. The van der Waals surface area contributed by atoms with Crippen molar-refractivity contribution in [1.82, 2.24) is 14.9 Å². The van der Waals surface area contributed by atoms with Crippen LogP contribution in [0.4, 0.5) is 5.82 Å². The molecule has 2 heterocycles. The Kier molecular flexibility index (Phi) is 4.52. The number of hydrogen-bond acceptors (Lipinski definition) is 4. The van der Waals surface area contributed by atoms with E-state index in [9.17, 15) is 4.79 Å². The maximum atomic E-state index is 12.7. The van der Waals surface area contributed by atoms with Crippen molar-refractivity contribution in [1.29, 1.82) is 0 Å². The zero-order chi connectivity index (χ0) is 17.9. The van der Waals surface area contributed by atoms with Crippen LogP contribution >= 0.6 is 0 Å². The Morgan fingerprint density at radius 1 is 0.962 bits per heavy atom. The molecule has 1 saturated heterocycles. The molecule has 0 spiro atoms. The molecule has 4 rings (SSSR count). The summed E-state index contributed by atoms with van der Waals surface area (Å²) in [7, 11) is 0. The smallest absolute Gasteiger partial charge is 0.253 e. The molecule has 0 bridgehead atoms. The summed E-state index contributed by atoms with van der Waals surface area (Å²) < 4.78 is 0. The van der Waals surface area contributed by atoms with Crippen LogP contribution in [0.15, 0.2) is 54.9 Å².